The fourth-order valence-electron chi connectivity index (χ4n) is 1.74. The van der Waals surface area contributed by atoms with Gasteiger partial charge in [0.05, 0.1) is 0 Å². The van der Waals surface area contributed by atoms with Crippen LogP contribution in [0.4, 0.5) is 0 Å². The van der Waals surface area contributed by atoms with Crippen LogP contribution >= 0.6 is 11.6 Å². The highest BCUT2D eigenvalue weighted by atomic mass is 35.5. The second-order valence-corrected chi connectivity index (χ2v) is 4.39. The van der Waals surface area contributed by atoms with Gasteiger partial charge in [-0.1, -0.05) is 29.8 Å². The van der Waals surface area contributed by atoms with Gasteiger partial charge in [-0.25, -0.2) is 9.50 Å². The molecule has 17 heavy (non-hydrogen) atoms. The van der Waals surface area contributed by atoms with Crippen LogP contribution in [0, 0.1) is 6.92 Å². The Bertz CT molecular complexity index is 688. The number of fused-ring (bicyclic) bond motifs is 1. The molecule has 0 radical (unpaired) electrons. The second kappa shape index (κ2) is 3.86. The van der Waals surface area contributed by atoms with E-state index in [0.29, 0.717) is 10.8 Å². The highest BCUT2D eigenvalue weighted by molar-refractivity contribution is 6.30. The quantitative estimate of drug-likeness (QED) is 0.656. The van der Waals surface area contributed by atoms with Gasteiger partial charge in [-0.3, -0.25) is 0 Å². The van der Waals surface area contributed by atoms with Gasteiger partial charge in [0, 0.05) is 16.8 Å². The standard InChI is InChI=1S/C13H10ClN3/c1-9-5-6-12-15-13(16-17(12)8-9)10-3-2-4-11(14)7-10/h2-8H,1H3. The lowest BCUT2D eigenvalue weighted by molar-refractivity contribution is 0.956. The maximum Gasteiger partial charge on any atom is 0.182 e. The average molecular weight is 244 g/mol. The number of aromatic nitrogens is 3. The summed E-state index contributed by atoms with van der Waals surface area (Å²) >= 11 is 5.96. The van der Waals surface area contributed by atoms with Gasteiger partial charge in [0.15, 0.2) is 11.5 Å². The van der Waals surface area contributed by atoms with Crippen LogP contribution in [0.5, 0.6) is 0 Å². The zero-order chi connectivity index (χ0) is 11.8. The van der Waals surface area contributed by atoms with E-state index in [1.807, 2.05) is 49.5 Å². The van der Waals surface area contributed by atoms with Crippen LogP contribution in [-0.4, -0.2) is 14.6 Å². The molecule has 0 aliphatic heterocycles. The summed E-state index contributed by atoms with van der Waals surface area (Å²) in [5.41, 5.74) is 2.92. The van der Waals surface area contributed by atoms with Crippen molar-refractivity contribution in [3.63, 3.8) is 0 Å². The first-order valence-corrected chi connectivity index (χ1v) is 5.69. The van der Waals surface area contributed by atoms with Gasteiger partial charge in [-0.05, 0) is 30.7 Å². The third-order valence-corrected chi connectivity index (χ3v) is 2.80. The summed E-state index contributed by atoms with van der Waals surface area (Å²) in [7, 11) is 0. The smallest absolute Gasteiger partial charge is 0.182 e. The van der Waals surface area contributed by atoms with Crippen LogP contribution in [0.2, 0.25) is 5.02 Å². The van der Waals surface area contributed by atoms with Crippen LogP contribution < -0.4 is 0 Å². The van der Waals surface area contributed by atoms with Crippen LogP contribution in [0.3, 0.4) is 0 Å². The molecule has 0 amide bonds. The number of benzene rings is 1. The summed E-state index contributed by atoms with van der Waals surface area (Å²) in [6.07, 6.45) is 1.95. The molecule has 2 aromatic heterocycles. The van der Waals surface area contributed by atoms with Crippen molar-refractivity contribution in [1.82, 2.24) is 14.6 Å². The molecule has 3 rings (SSSR count). The molecule has 3 aromatic rings. The van der Waals surface area contributed by atoms with Gasteiger partial charge >= 0.3 is 0 Å². The van der Waals surface area contributed by atoms with E-state index in [1.54, 1.807) is 4.52 Å². The number of nitrogens with zero attached hydrogens (tertiary/aromatic N) is 3. The molecular weight excluding hydrogens is 234 g/mol. The Morgan fingerprint density at radius 2 is 2.06 bits per heavy atom. The molecule has 0 saturated carbocycles. The Morgan fingerprint density at radius 3 is 2.88 bits per heavy atom. The molecule has 0 unspecified atom stereocenters. The highest BCUT2D eigenvalue weighted by Gasteiger charge is 2.06. The summed E-state index contributed by atoms with van der Waals surface area (Å²) in [5.74, 6) is 0.693. The van der Waals surface area contributed by atoms with Crippen molar-refractivity contribution in [3.8, 4) is 11.4 Å². The largest absolute Gasteiger partial charge is 0.220 e. The average Bonchev–Trinajstić information content (AvgIpc) is 2.72. The topological polar surface area (TPSA) is 30.2 Å². The Balaban J connectivity index is 2.18. The van der Waals surface area contributed by atoms with Crippen molar-refractivity contribution < 1.29 is 0 Å². The van der Waals surface area contributed by atoms with E-state index in [9.17, 15) is 0 Å². The Kier molecular flexibility index (Phi) is 2.34. The molecule has 1 aromatic carbocycles. The zero-order valence-electron chi connectivity index (χ0n) is 9.26. The second-order valence-electron chi connectivity index (χ2n) is 3.95. The third kappa shape index (κ3) is 1.89. The molecule has 0 spiro atoms. The van der Waals surface area contributed by atoms with Crippen LogP contribution in [0.15, 0.2) is 42.6 Å². The highest BCUT2D eigenvalue weighted by Crippen LogP contribution is 2.20. The van der Waals surface area contributed by atoms with Crippen LogP contribution in [0.25, 0.3) is 17.0 Å². The van der Waals surface area contributed by atoms with Gasteiger partial charge < -0.3 is 0 Å². The van der Waals surface area contributed by atoms with Gasteiger partial charge in [0.25, 0.3) is 0 Å². The lowest BCUT2D eigenvalue weighted by Gasteiger charge is -1.94. The molecule has 0 saturated heterocycles. The fraction of sp³-hybridized carbons (Fsp3) is 0.0769. The van der Waals surface area contributed by atoms with Crippen molar-refractivity contribution in [2.24, 2.45) is 0 Å². The molecule has 3 nitrogen and oxygen atoms in total. The zero-order valence-corrected chi connectivity index (χ0v) is 10.0. The monoisotopic (exact) mass is 243 g/mol. The number of hydrogen-bond donors (Lipinski definition) is 0. The van der Waals surface area contributed by atoms with Gasteiger partial charge in [-0.15, -0.1) is 5.10 Å². The molecule has 0 aliphatic carbocycles. The number of pyridine rings is 1. The minimum atomic E-state index is 0.692. The molecule has 0 atom stereocenters. The minimum Gasteiger partial charge on any atom is -0.220 e. The van der Waals surface area contributed by atoms with Crippen molar-refractivity contribution in [2.75, 3.05) is 0 Å². The van der Waals surface area contributed by atoms with Crippen molar-refractivity contribution in [2.45, 2.75) is 6.92 Å². The van der Waals surface area contributed by atoms with Crippen molar-refractivity contribution >= 4 is 17.2 Å². The number of aryl methyl sites for hydroxylation is 1. The lowest BCUT2D eigenvalue weighted by Crippen LogP contribution is -1.87. The van der Waals surface area contributed by atoms with E-state index in [-0.39, 0.29) is 0 Å². The van der Waals surface area contributed by atoms with E-state index >= 15 is 0 Å². The van der Waals surface area contributed by atoms with E-state index in [1.165, 1.54) is 0 Å². The first kappa shape index (κ1) is 10.3. The number of halogens is 1. The third-order valence-electron chi connectivity index (χ3n) is 2.56. The maximum atomic E-state index is 5.96. The fourth-order valence-corrected chi connectivity index (χ4v) is 1.93. The Morgan fingerprint density at radius 1 is 1.18 bits per heavy atom. The molecule has 4 heteroatoms. The predicted octanol–water partition coefficient (Wildman–Crippen LogP) is 3.36. The number of rotatable bonds is 1. The minimum absolute atomic E-state index is 0.692. The SMILES string of the molecule is Cc1ccc2nc(-c3cccc(Cl)c3)nn2c1. The van der Waals surface area contributed by atoms with Gasteiger partial charge in [0.2, 0.25) is 0 Å². The molecule has 0 aliphatic rings. The van der Waals surface area contributed by atoms with Gasteiger partial charge in [-0.2, -0.15) is 0 Å². The summed E-state index contributed by atoms with van der Waals surface area (Å²) in [6.45, 7) is 2.03. The normalized spacial score (nSPS) is 10.9. The van der Waals surface area contributed by atoms with Crippen molar-refractivity contribution in [3.05, 3.63) is 53.2 Å². The van der Waals surface area contributed by atoms with Crippen LogP contribution in [-0.2, 0) is 0 Å². The van der Waals surface area contributed by atoms with E-state index in [4.69, 9.17) is 11.6 Å². The predicted molar refractivity (Wildman–Crippen MR) is 68.2 cm³/mol. The summed E-state index contributed by atoms with van der Waals surface area (Å²) in [6, 6.07) is 11.5. The number of hydrogen-bond acceptors (Lipinski definition) is 2. The Hall–Kier alpha value is -1.87. The summed E-state index contributed by atoms with van der Waals surface area (Å²) in [5, 5.41) is 5.12. The van der Waals surface area contributed by atoms with E-state index < -0.39 is 0 Å². The molecule has 84 valence electrons. The molecule has 0 bridgehead atoms. The summed E-state index contributed by atoms with van der Waals surface area (Å²) < 4.78 is 1.78. The molecular formula is C13H10ClN3. The first-order valence-electron chi connectivity index (χ1n) is 5.31. The lowest BCUT2D eigenvalue weighted by atomic mass is 10.2. The summed E-state index contributed by atoms with van der Waals surface area (Å²) in [4.78, 5) is 4.46. The van der Waals surface area contributed by atoms with Crippen molar-refractivity contribution in [1.29, 1.82) is 0 Å². The van der Waals surface area contributed by atoms with Gasteiger partial charge in [0.1, 0.15) is 0 Å². The first-order chi connectivity index (χ1) is 8.22. The van der Waals surface area contributed by atoms with E-state index in [0.717, 1.165) is 16.8 Å². The molecule has 0 fully saturated rings. The van der Waals surface area contributed by atoms with Crippen LogP contribution in [0.1, 0.15) is 5.56 Å². The molecule has 0 N–H and O–H groups in total. The Labute approximate surface area is 104 Å². The van der Waals surface area contributed by atoms with E-state index in [2.05, 4.69) is 10.1 Å². The maximum absolute atomic E-state index is 5.96. The molecule has 2 heterocycles.